The van der Waals surface area contributed by atoms with Gasteiger partial charge in [0.15, 0.2) is 5.76 Å². The molecule has 1 aromatic carbocycles. The number of aromatic nitrogens is 1. The molecule has 0 aliphatic carbocycles. The van der Waals surface area contributed by atoms with E-state index in [1.807, 2.05) is 18.2 Å². The molecule has 4 rings (SSSR count). The molecule has 0 radical (unpaired) electrons. The van der Waals surface area contributed by atoms with Crippen molar-refractivity contribution in [3.8, 4) is 0 Å². The standard InChI is InChI=1S/C23H27N3O4S/c1-15-10-16(2)14-26(13-15)31(28,29)19-7-8-21-20(11-19)17(3)22(30-21)23(27)25-12-18-6-4-5-9-24-18/h4-9,11,15-16H,10,12-14H2,1-3H3,(H,25,27)/t15-,16-/m1/s1. The number of pyridine rings is 1. The summed E-state index contributed by atoms with van der Waals surface area (Å²) in [5.41, 5.74) is 1.84. The van der Waals surface area contributed by atoms with Crippen molar-refractivity contribution in [1.82, 2.24) is 14.6 Å². The summed E-state index contributed by atoms with van der Waals surface area (Å²) in [5, 5.41) is 3.43. The third-order valence-electron chi connectivity index (χ3n) is 5.74. The fourth-order valence-corrected chi connectivity index (χ4v) is 5.99. The van der Waals surface area contributed by atoms with Crippen LogP contribution in [0.25, 0.3) is 11.0 Å². The van der Waals surface area contributed by atoms with Crippen molar-refractivity contribution in [2.24, 2.45) is 11.8 Å². The van der Waals surface area contributed by atoms with Crippen molar-refractivity contribution in [3.05, 3.63) is 59.6 Å². The van der Waals surface area contributed by atoms with Crippen molar-refractivity contribution < 1.29 is 17.6 Å². The van der Waals surface area contributed by atoms with Gasteiger partial charge in [-0.25, -0.2) is 8.42 Å². The van der Waals surface area contributed by atoms with Crippen molar-refractivity contribution in [3.63, 3.8) is 0 Å². The molecule has 31 heavy (non-hydrogen) atoms. The fourth-order valence-electron chi connectivity index (χ4n) is 4.28. The molecule has 3 aromatic rings. The number of aryl methyl sites for hydroxylation is 1. The van der Waals surface area contributed by atoms with Crippen LogP contribution in [0, 0.1) is 18.8 Å². The average Bonchev–Trinajstić information content (AvgIpc) is 3.08. The predicted octanol–water partition coefficient (Wildman–Crippen LogP) is 3.73. The van der Waals surface area contributed by atoms with E-state index in [2.05, 4.69) is 24.1 Å². The zero-order valence-corrected chi connectivity index (χ0v) is 18.8. The van der Waals surface area contributed by atoms with Crippen molar-refractivity contribution >= 4 is 26.9 Å². The molecule has 2 aromatic heterocycles. The minimum absolute atomic E-state index is 0.181. The maximum absolute atomic E-state index is 13.2. The number of fused-ring (bicyclic) bond motifs is 1. The lowest BCUT2D eigenvalue weighted by molar-refractivity contribution is 0.0924. The van der Waals surface area contributed by atoms with E-state index in [9.17, 15) is 13.2 Å². The number of benzene rings is 1. The molecule has 0 bridgehead atoms. The first kappa shape index (κ1) is 21.5. The molecule has 7 nitrogen and oxygen atoms in total. The van der Waals surface area contributed by atoms with Gasteiger partial charge < -0.3 is 9.73 Å². The molecule has 1 aliphatic rings. The second kappa shape index (κ2) is 8.43. The van der Waals surface area contributed by atoms with Crippen molar-refractivity contribution in [2.75, 3.05) is 13.1 Å². The highest BCUT2D eigenvalue weighted by atomic mass is 32.2. The zero-order chi connectivity index (χ0) is 22.2. The van der Waals surface area contributed by atoms with Gasteiger partial charge in [-0.2, -0.15) is 4.31 Å². The maximum atomic E-state index is 13.2. The van der Waals surface area contributed by atoms with Crippen LogP contribution in [0.15, 0.2) is 51.9 Å². The van der Waals surface area contributed by atoms with Crippen molar-refractivity contribution in [1.29, 1.82) is 0 Å². The second-order valence-corrected chi connectivity index (χ2v) is 10.4. The first-order chi connectivity index (χ1) is 14.8. The second-order valence-electron chi connectivity index (χ2n) is 8.49. The van der Waals surface area contributed by atoms with E-state index in [-0.39, 0.29) is 23.1 Å². The molecule has 1 N–H and O–H groups in total. The number of rotatable bonds is 5. The minimum Gasteiger partial charge on any atom is -0.451 e. The van der Waals surface area contributed by atoms with E-state index < -0.39 is 10.0 Å². The number of carbonyl (C=O) groups excluding carboxylic acids is 1. The molecule has 0 spiro atoms. The third-order valence-corrected chi connectivity index (χ3v) is 7.57. The Kier molecular flexibility index (Phi) is 5.85. The van der Waals surface area contributed by atoms with Crippen LogP contribution < -0.4 is 5.32 Å². The maximum Gasteiger partial charge on any atom is 0.287 e. The summed E-state index contributed by atoms with van der Waals surface area (Å²) < 4.78 is 33.8. The SMILES string of the molecule is Cc1c(C(=O)NCc2ccccn2)oc2ccc(S(=O)(=O)N3C[C@H](C)C[C@@H](C)C3)cc12. The highest BCUT2D eigenvalue weighted by molar-refractivity contribution is 7.89. The first-order valence-corrected chi connectivity index (χ1v) is 11.9. The van der Waals surface area contributed by atoms with Gasteiger partial charge in [0.25, 0.3) is 5.91 Å². The largest absolute Gasteiger partial charge is 0.451 e. The van der Waals surface area contributed by atoms with Crippen LogP contribution in [0.2, 0.25) is 0 Å². The Balaban J connectivity index is 1.60. The molecule has 1 saturated heterocycles. The molecule has 2 atom stereocenters. The molecule has 164 valence electrons. The quantitative estimate of drug-likeness (QED) is 0.651. The Morgan fingerprint density at radius 1 is 1.19 bits per heavy atom. The summed E-state index contributed by atoms with van der Waals surface area (Å²) in [7, 11) is -3.61. The topological polar surface area (TPSA) is 92.5 Å². The van der Waals surface area contributed by atoms with Crippen LogP contribution in [0.3, 0.4) is 0 Å². The Bertz CT molecular complexity index is 1190. The molecule has 8 heteroatoms. The Labute approximate surface area is 182 Å². The van der Waals surface area contributed by atoms with Gasteiger partial charge in [-0.3, -0.25) is 9.78 Å². The van der Waals surface area contributed by atoms with Gasteiger partial charge in [-0.15, -0.1) is 0 Å². The van der Waals surface area contributed by atoms with E-state index in [4.69, 9.17) is 4.42 Å². The smallest absolute Gasteiger partial charge is 0.287 e. The number of furan rings is 1. The molecular formula is C23H27N3O4S. The molecule has 1 amide bonds. The van der Waals surface area contributed by atoms with Gasteiger partial charge in [-0.1, -0.05) is 19.9 Å². The first-order valence-electron chi connectivity index (χ1n) is 10.5. The lowest BCUT2D eigenvalue weighted by Gasteiger charge is -2.34. The van der Waals surface area contributed by atoms with Crippen molar-refractivity contribution in [2.45, 2.75) is 38.6 Å². The minimum atomic E-state index is -3.61. The Morgan fingerprint density at radius 3 is 2.61 bits per heavy atom. The number of nitrogens with one attached hydrogen (secondary N) is 1. The summed E-state index contributed by atoms with van der Waals surface area (Å²) in [4.78, 5) is 17.1. The number of hydrogen-bond acceptors (Lipinski definition) is 5. The molecule has 0 saturated carbocycles. The van der Waals surface area contributed by atoms with Crippen LogP contribution in [-0.2, 0) is 16.6 Å². The van der Waals surface area contributed by atoms with Crippen LogP contribution in [0.5, 0.6) is 0 Å². The number of piperidine rings is 1. The normalized spacial score (nSPS) is 20.1. The van der Waals surface area contributed by atoms with Gasteiger partial charge in [0.1, 0.15) is 5.58 Å². The van der Waals surface area contributed by atoms with Crippen LogP contribution in [0.1, 0.15) is 42.1 Å². The third kappa shape index (κ3) is 4.36. The number of hydrogen-bond donors (Lipinski definition) is 1. The van der Waals surface area contributed by atoms with Gasteiger partial charge in [0, 0.05) is 30.2 Å². The summed E-state index contributed by atoms with van der Waals surface area (Å²) in [6, 6.07) is 10.3. The molecule has 1 fully saturated rings. The summed E-state index contributed by atoms with van der Waals surface area (Å²) >= 11 is 0. The van der Waals surface area contributed by atoms with Crippen LogP contribution in [0.4, 0.5) is 0 Å². The predicted molar refractivity (Wildman–Crippen MR) is 118 cm³/mol. The van der Waals surface area contributed by atoms with Gasteiger partial charge in [0.05, 0.1) is 17.1 Å². The van der Waals surface area contributed by atoms with Crippen LogP contribution >= 0.6 is 0 Å². The molecule has 0 unspecified atom stereocenters. The number of carbonyl (C=O) groups is 1. The van der Waals surface area contributed by atoms with E-state index in [1.165, 1.54) is 0 Å². The highest BCUT2D eigenvalue weighted by Crippen LogP contribution is 2.31. The highest BCUT2D eigenvalue weighted by Gasteiger charge is 2.32. The summed E-state index contributed by atoms with van der Waals surface area (Å²) in [5.74, 6) is 0.475. The van der Waals surface area contributed by atoms with Gasteiger partial charge >= 0.3 is 0 Å². The molecular weight excluding hydrogens is 414 g/mol. The average molecular weight is 442 g/mol. The summed E-state index contributed by atoms with van der Waals surface area (Å²) in [6.07, 6.45) is 2.70. The van der Waals surface area contributed by atoms with E-state index >= 15 is 0 Å². The van der Waals surface area contributed by atoms with E-state index in [0.717, 1.165) is 12.1 Å². The monoisotopic (exact) mass is 441 g/mol. The Hall–Kier alpha value is -2.71. The van der Waals surface area contributed by atoms with Gasteiger partial charge in [-0.05, 0) is 55.5 Å². The van der Waals surface area contributed by atoms with E-state index in [1.54, 1.807) is 35.6 Å². The van der Waals surface area contributed by atoms with Crippen LogP contribution in [-0.4, -0.2) is 36.7 Å². The number of sulfonamides is 1. The Morgan fingerprint density at radius 2 is 1.94 bits per heavy atom. The number of amides is 1. The zero-order valence-electron chi connectivity index (χ0n) is 18.0. The van der Waals surface area contributed by atoms with E-state index in [0.29, 0.717) is 41.5 Å². The molecule has 3 heterocycles. The lowest BCUT2D eigenvalue weighted by atomic mass is 9.94. The number of nitrogens with zero attached hydrogens (tertiary/aromatic N) is 2. The fraction of sp³-hybridized carbons (Fsp3) is 0.391. The molecule has 1 aliphatic heterocycles. The summed E-state index contributed by atoms with van der Waals surface area (Å²) in [6.45, 7) is 7.26. The van der Waals surface area contributed by atoms with Gasteiger partial charge in [0.2, 0.25) is 10.0 Å². The lowest BCUT2D eigenvalue weighted by Crippen LogP contribution is -2.42.